The SMILES string of the molecule is CCN(CC)C1(CC(=O)O)CCCS(=O)(=O)C1. The third-order valence-corrected chi connectivity index (χ3v) is 5.39. The van der Waals surface area contributed by atoms with Crippen LogP contribution in [-0.2, 0) is 14.6 Å². The molecule has 0 radical (unpaired) electrons. The van der Waals surface area contributed by atoms with Crippen LogP contribution in [0.2, 0.25) is 0 Å². The molecule has 1 unspecified atom stereocenters. The van der Waals surface area contributed by atoms with E-state index in [0.717, 1.165) is 0 Å². The van der Waals surface area contributed by atoms with Crippen LogP contribution >= 0.6 is 0 Å². The van der Waals surface area contributed by atoms with Crippen molar-refractivity contribution >= 4 is 15.8 Å². The average Bonchev–Trinajstić information content (AvgIpc) is 2.16. The van der Waals surface area contributed by atoms with Gasteiger partial charge in [0.2, 0.25) is 0 Å². The third-order valence-electron chi connectivity index (χ3n) is 3.50. The molecule has 17 heavy (non-hydrogen) atoms. The Morgan fingerprint density at radius 3 is 2.35 bits per heavy atom. The van der Waals surface area contributed by atoms with Gasteiger partial charge in [0.05, 0.1) is 17.9 Å². The molecule has 100 valence electrons. The molecule has 0 aromatic rings. The van der Waals surface area contributed by atoms with Gasteiger partial charge in [-0.1, -0.05) is 13.8 Å². The van der Waals surface area contributed by atoms with Crippen LogP contribution in [0.1, 0.15) is 33.1 Å². The van der Waals surface area contributed by atoms with Gasteiger partial charge in [0.25, 0.3) is 0 Å². The number of carboxylic acid groups (broad SMARTS) is 1. The number of carbonyl (C=O) groups is 1. The van der Waals surface area contributed by atoms with Crippen molar-refractivity contribution in [2.45, 2.75) is 38.6 Å². The highest BCUT2D eigenvalue weighted by Gasteiger charge is 2.43. The van der Waals surface area contributed by atoms with Gasteiger partial charge in [-0.2, -0.15) is 0 Å². The van der Waals surface area contributed by atoms with Crippen molar-refractivity contribution in [2.24, 2.45) is 0 Å². The maximum Gasteiger partial charge on any atom is 0.305 e. The summed E-state index contributed by atoms with van der Waals surface area (Å²) in [6, 6.07) is 0. The van der Waals surface area contributed by atoms with E-state index in [2.05, 4.69) is 0 Å². The summed E-state index contributed by atoms with van der Waals surface area (Å²) < 4.78 is 23.5. The summed E-state index contributed by atoms with van der Waals surface area (Å²) in [5.74, 6) is -0.752. The minimum absolute atomic E-state index is 0.0199. The highest BCUT2D eigenvalue weighted by Crippen LogP contribution is 2.32. The molecule has 0 bridgehead atoms. The van der Waals surface area contributed by atoms with E-state index in [1.807, 2.05) is 18.7 Å². The van der Waals surface area contributed by atoms with Gasteiger partial charge in [0.15, 0.2) is 9.84 Å². The van der Waals surface area contributed by atoms with Gasteiger partial charge in [-0.25, -0.2) is 8.42 Å². The predicted molar refractivity (Wildman–Crippen MR) is 65.8 cm³/mol. The molecular formula is C11H21NO4S. The maximum absolute atomic E-state index is 11.8. The Hall–Kier alpha value is -0.620. The second-order valence-electron chi connectivity index (χ2n) is 4.66. The van der Waals surface area contributed by atoms with Gasteiger partial charge >= 0.3 is 5.97 Å². The van der Waals surface area contributed by atoms with Crippen LogP contribution in [0.5, 0.6) is 0 Å². The minimum atomic E-state index is -3.11. The zero-order valence-electron chi connectivity index (χ0n) is 10.5. The zero-order chi connectivity index (χ0) is 13.1. The van der Waals surface area contributed by atoms with Gasteiger partial charge in [0.1, 0.15) is 0 Å². The molecule has 1 N–H and O–H groups in total. The van der Waals surface area contributed by atoms with Gasteiger partial charge in [-0.15, -0.1) is 0 Å². The third kappa shape index (κ3) is 3.42. The first-order valence-electron chi connectivity index (χ1n) is 6.02. The number of aliphatic carboxylic acids is 1. The molecule has 0 saturated carbocycles. The summed E-state index contributed by atoms with van der Waals surface area (Å²) in [5, 5.41) is 9.02. The number of carboxylic acids is 1. The van der Waals surface area contributed by atoms with Crippen molar-refractivity contribution in [1.29, 1.82) is 0 Å². The molecule has 0 aliphatic carbocycles. The lowest BCUT2D eigenvalue weighted by Crippen LogP contribution is -2.56. The Bertz CT molecular complexity index is 375. The van der Waals surface area contributed by atoms with Gasteiger partial charge in [0, 0.05) is 5.54 Å². The molecule has 0 amide bonds. The second kappa shape index (κ2) is 5.35. The predicted octanol–water partition coefficient (Wildman–Crippen LogP) is 0.750. The Kier molecular flexibility index (Phi) is 4.55. The summed E-state index contributed by atoms with van der Waals surface area (Å²) >= 11 is 0. The van der Waals surface area contributed by atoms with Crippen LogP contribution in [0.3, 0.4) is 0 Å². The maximum atomic E-state index is 11.8. The number of hydrogen-bond donors (Lipinski definition) is 1. The molecule has 0 aromatic heterocycles. The van der Waals surface area contributed by atoms with E-state index in [4.69, 9.17) is 5.11 Å². The van der Waals surface area contributed by atoms with E-state index in [1.54, 1.807) is 0 Å². The molecule has 1 saturated heterocycles. The summed E-state index contributed by atoms with van der Waals surface area (Å²) in [5.41, 5.74) is -0.702. The van der Waals surface area contributed by atoms with E-state index in [-0.39, 0.29) is 17.9 Å². The highest BCUT2D eigenvalue weighted by molar-refractivity contribution is 7.91. The van der Waals surface area contributed by atoms with Crippen molar-refractivity contribution < 1.29 is 18.3 Å². The number of rotatable bonds is 5. The average molecular weight is 263 g/mol. The van der Waals surface area contributed by atoms with Crippen LogP contribution in [0.15, 0.2) is 0 Å². The zero-order valence-corrected chi connectivity index (χ0v) is 11.3. The Morgan fingerprint density at radius 2 is 1.94 bits per heavy atom. The molecule has 1 rings (SSSR count). The van der Waals surface area contributed by atoms with E-state index in [1.165, 1.54) is 0 Å². The summed E-state index contributed by atoms with van der Waals surface area (Å²) in [4.78, 5) is 13.0. The fourth-order valence-corrected chi connectivity index (χ4v) is 4.83. The Labute approximate surface area is 103 Å². The topological polar surface area (TPSA) is 74.7 Å². The molecule has 1 fully saturated rings. The lowest BCUT2D eigenvalue weighted by molar-refractivity contribution is -0.140. The number of sulfone groups is 1. The van der Waals surface area contributed by atoms with Crippen LogP contribution in [0, 0.1) is 0 Å². The molecule has 6 heteroatoms. The fourth-order valence-electron chi connectivity index (χ4n) is 2.85. The molecular weight excluding hydrogens is 242 g/mol. The van der Waals surface area contributed by atoms with Crippen molar-refractivity contribution in [3.8, 4) is 0 Å². The standard InChI is InChI=1S/C11H21NO4S/c1-3-12(4-2)11(8-10(13)14)6-5-7-17(15,16)9-11/h3-9H2,1-2H3,(H,13,14). The first-order chi connectivity index (χ1) is 7.85. The second-order valence-corrected chi connectivity index (χ2v) is 6.85. The smallest absolute Gasteiger partial charge is 0.305 e. The van der Waals surface area contributed by atoms with E-state index in [0.29, 0.717) is 25.9 Å². The molecule has 5 nitrogen and oxygen atoms in total. The van der Waals surface area contributed by atoms with E-state index >= 15 is 0 Å². The lowest BCUT2D eigenvalue weighted by Gasteiger charge is -2.44. The lowest BCUT2D eigenvalue weighted by atomic mass is 9.89. The largest absolute Gasteiger partial charge is 0.481 e. The van der Waals surface area contributed by atoms with E-state index < -0.39 is 21.3 Å². The quantitative estimate of drug-likeness (QED) is 0.792. The summed E-state index contributed by atoms with van der Waals surface area (Å²) in [6.07, 6.45) is 1.13. The fraction of sp³-hybridized carbons (Fsp3) is 0.909. The first kappa shape index (κ1) is 14.4. The van der Waals surface area contributed by atoms with Crippen LogP contribution < -0.4 is 0 Å². The molecule has 1 atom stereocenters. The Balaban J connectivity index is 3.04. The summed E-state index contributed by atoms with van der Waals surface area (Å²) in [7, 11) is -3.11. The van der Waals surface area contributed by atoms with Gasteiger partial charge in [-0.3, -0.25) is 9.69 Å². The first-order valence-corrected chi connectivity index (χ1v) is 7.84. The molecule has 1 aliphatic rings. The monoisotopic (exact) mass is 263 g/mol. The molecule has 0 spiro atoms. The normalized spacial score (nSPS) is 28.2. The van der Waals surface area contributed by atoms with Crippen LogP contribution in [0.4, 0.5) is 0 Å². The molecule has 1 aliphatic heterocycles. The number of hydrogen-bond acceptors (Lipinski definition) is 4. The van der Waals surface area contributed by atoms with E-state index in [9.17, 15) is 13.2 Å². The van der Waals surface area contributed by atoms with Crippen LogP contribution in [0.25, 0.3) is 0 Å². The van der Waals surface area contributed by atoms with Crippen molar-refractivity contribution in [3.05, 3.63) is 0 Å². The minimum Gasteiger partial charge on any atom is -0.481 e. The number of nitrogens with zero attached hydrogens (tertiary/aromatic N) is 1. The summed E-state index contributed by atoms with van der Waals surface area (Å²) in [6.45, 7) is 5.24. The van der Waals surface area contributed by atoms with Crippen molar-refractivity contribution in [1.82, 2.24) is 4.90 Å². The molecule has 0 aromatic carbocycles. The van der Waals surface area contributed by atoms with Crippen LogP contribution in [-0.4, -0.2) is 54.5 Å². The van der Waals surface area contributed by atoms with Crippen molar-refractivity contribution in [3.63, 3.8) is 0 Å². The van der Waals surface area contributed by atoms with Gasteiger partial charge < -0.3 is 5.11 Å². The molecule has 1 heterocycles. The Morgan fingerprint density at radius 1 is 1.35 bits per heavy atom. The van der Waals surface area contributed by atoms with Crippen molar-refractivity contribution in [2.75, 3.05) is 24.6 Å². The highest BCUT2D eigenvalue weighted by atomic mass is 32.2. The van der Waals surface area contributed by atoms with Gasteiger partial charge in [-0.05, 0) is 25.9 Å².